The van der Waals surface area contributed by atoms with Crippen molar-refractivity contribution in [3.63, 3.8) is 0 Å². The van der Waals surface area contributed by atoms with E-state index in [1.54, 1.807) is 11.0 Å². The number of hydrogen-bond acceptors (Lipinski definition) is 4. The third-order valence-electron chi connectivity index (χ3n) is 3.47. The molecule has 1 aromatic rings. The van der Waals surface area contributed by atoms with Crippen molar-refractivity contribution in [2.45, 2.75) is 13.3 Å². The zero-order chi connectivity index (χ0) is 14.0. The molecule has 0 aliphatic carbocycles. The van der Waals surface area contributed by atoms with Crippen LogP contribution in [0.5, 0.6) is 0 Å². The second-order valence-electron chi connectivity index (χ2n) is 4.91. The molecule has 2 heterocycles. The summed E-state index contributed by atoms with van der Waals surface area (Å²) < 4.78 is 5.01. The molecular weight excluding hydrogens is 266 g/mol. The second kappa shape index (κ2) is 5.30. The lowest BCUT2D eigenvalue weighted by molar-refractivity contribution is -0.151. The summed E-state index contributed by atoms with van der Waals surface area (Å²) in [6.07, 6.45) is 0.437. The summed E-state index contributed by atoms with van der Waals surface area (Å²) in [4.78, 5) is 27.0. The van der Waals surface area contributed by atoms with Gasteiger partial charge in [-0.15, -0.1) is 11.3 Å². The van der Waals surface area contributed by atoms with Crippen molar-refractivity contribution < 1.29 is 19.4 Å². The quantitative estimate of drug-likeness (QED) is 0.912. The fraction of sp³-hybridized carbons (Fsp3) is 0.538. The van der Waals surface area contributed by atoms with Gasteiger partial charge in [-0.3, -0.25) is 9.59 Å². The van der Waals surface area contributed by atoms with Crippen LogP contribution < -0.4 is 0 Å². The minimum absolute atomic E-state index is 0.0858. The van der Waals surface area contributed by atoms with Gasteiger partial charge in [0.15, 0.2) is 0 Å². The molecule has 1 aromatic heterocycles. The van der Waals surface area contributed by atoms with Gasteiger partial charge < -0.3 is 14.7 Å². The van der Waals surface area contributed by atoms with Crippen LogP contribution in [-0.2, 0) is 9.53 Å². The normalized spacial score (nSPS) is 22.7. The SMILES string of the molecule is COCC1(C(=O)O)CCN(C(=O)c2ccc(C)s2)C1. The van der Waals surface area contributed by atoms with Gasteiger partial charge in [-0.25, -0.2) is 0 Å². The highest BCUT2D eigenvalue weighted by Crippen LogP contribution is 2.32. The van der Waals surface area contributed by atoms with Crippen LogP contribution in [0.1, 0.15) is 21.0 Å². The molecule has 6 heteroatoms. The van der Waals surface area contributed by atoms with Crippen LogP contribution in [0.4, 0.5) is 0 Å². The van der Waals surface area contributed by atoms with E-state index >= 15 is 0 Å². The van der Waals surface area contributed by atoms with E-state index in [2.05, 4.69) is 0 Å². The molecule has 1 N–H and O–H groups in total. The van der Waals surface area contributed by atoms with Crippen LogP contribution in [0.25, 0.3) is 0 Å². The maximum atomic E-state index is 12.3. The van der Waals surface area contributed by atoms with Crippen LogP contribution >= 0.6 is 11.3 Å². The van der Waals surface area contributed by atoms with E-state index in [0.29, 0.717) is 17.8 Å². The molecule has 0 saturated carbocycles. The highest BCUT2D eigenvalue weighted by atomic mass is 32.1. The van der Waals surface area contributed by atoms with Crippen molar-refractivity contribution >= 4 is 23.2 Å². The zero-order valence-corrected chi connectivity index (χ0v) is 11.8. The summed E-state index contributed by atoms with van der Waals surface area (Å²) in [5, 5.41) is 9.35. The van der Waals surface area contributed by atoms with Crippen molar-refractivity contribution in [2.75, 3.05) is 26.8 Å². The summed E-state index contributed by atoms with van der Waals surface area (Å²) in [6.45, 7) is 2.75. The second-order valence-corrected chi connectivity index (χ2v) is 6.19. The number of aryl methyl sites for hydroxylation is 1. The third kappa shape index (κ3) is 2.64. The number of methoxy groups -OCH3 is 1. The van der Waals surface area contributed by atoms with Gasteiger partial charge in [-0.05, 0) is 25.5 Å². The number of hydrogen-bond donors (Lipinski definition) is 1. The number of carbonyl (C=O) groups excluding carboxylic acids is 1. The standard InChI is InChI=1S/C13H17NO4S/c1-9-3-4-10(19-9)11(15)14-6-5-13(7-14,8-18-2)12(16)17/h3-4H,5-8H2,1-2H3,(H,16,17). The number of carboxylic acid groups (broad SMARTS) is 1. The van der Waals surface area contributed by atoms with Gasteiger partial charge in [0.25, 0.3) is 5.91 Å². The van der Waals surface area contributed by atoms with Crippen LogP contribution in [0.15, 0.2) is 12.1 Å². The maximum absolute atomic E-state index is 12.3. The monoisotopic (exact) mass is 283 g/mol. The van der Waals surface area contributed by atoms with Crippen molar-refractivity contribution in [1.29, 1.82) is 0 Å². The molecule has 1 saturated heterocycles. The molecule has 0 aromatic carbocycles. The molecule has 1 aliphatic heterocycles. The van der Waals surface area contributed by atoms with Gasteiger partial charge >= 0.3 is 5.97 Å². The van der Waals surface area contributed by atoms with Crippen LogP contribution in [-0.4, -0.2) is 48.7 Å². The van der Waals surface area contributed by atoms with Gasteiger partial charge in [0.05, 0.1) is 11.5 Å². The summed E-state index contributed by atoms with van der Waals surface area (Å²) in [7, 11) is 1.48. The maximum Gasteiger partial charge on any atom is 0.313 e. The lowest BCUT2D eigenvalue weighted by Crippen LogP contribution is -2.40. The Balaban J connectivity index is 2.13. The third-order valence-corrected chi connectivity index (χ3v) is 4.46. The van der Waals surface area contributed by atoms with E-state index in [9.17, 15) is 14.7 Å². The minimum Gasteiger partial charge on any atom is -0.481 e. The van der Waals surface area contributed by atoms with E-state index in [1.807, 2.05) is 13.0 Å². The molecule has 1 fully saturated rings. The van der Waals surface area contributed by atoms with Crippen molar-refractivity contribution in [1.82, 2.24) is 4.90 Å². The molecular formula is C13H17NO4S. The number of carboxylic acids is 1. The number of likely N-dealkylation sites (tertiary alicyclic amines) is 1. The Kier molecular flexibility index (Phi) is 3.91. The molecule has 0 radical (unpaired) electrons. The molecule has 1 amide bonds. The van der Waals surface area contributed by atoms with Gasteiger partial charge in [0, 0.05) is 25.1 Å². The zero-order valence-electron chi connectivity index (χ0n) is 11.0. The number of carbonyl (C=O) groups is 2. The van der Waals surface area contributed by atoms with E-state index in [1.165, 1.54) is 18.4 Å². The molecule has 104 valence electrons. The first-order chi connectivity index (χ1) is 8.98. The van der Waals surface area contributed by atoms with Crippen LogP contribution in [0.3, 0.4) is 0 Å². The van der Waals surface area contributed by atoms with Gasteiger partial charge in [0.2, 0.25) is 0 Å². The molecule has 1 aliphatic rings. The molecule has 0 spiro atoms. The fourth-order valence-electron chi connectivity index (χ4n) is 2.38. The minimum atomic E-state index is -0.962. The molecule has 1 unspecified atom stereocenters. The summed E-state index contributed by atoms with van der Waals surface area (Å²) >= 11 is 1.43. The topological polar surface area (TPSA) is 66.8 Å². The van der Waals surface area contributed by atoms with Crippen LogP contribution in [0, 0.1) is 12.3 Å². The summed E-state index contributed by atoms with van der Waals surface area (Å²) in [6, 6.07) is 3.69. The summed E-state index contributed by atoms with van der Waals surface area (Å²) in [5.41, 5.74) is -0.962. The van der Waals surface area contributed by atoms with E-state index < -0.39 is 11.4 Å². The first kappa shape index (κ1) is 14.0. The summed E-state index contributed by atoms with van der Waals surface area (Å²) in [5.74, 6) is -0.982. The Morgan fingerprint density at radius 3 is 2.79 bits per heavy atom. The molecule has 0 bridgehead atoms. The predicted molar refractivity (Wildman–Crippen MR) is 71.5 cm³/mol. The van der Waals surface area contributed by atoms with E-state index in [4.69, 9.17) is 4.74 Å². The Morgan fingerprint density at radius 1 is 1.53 bits per heavy atom. The van der Waals surface area contributed by atoms with Crippen molar-refractivity contribution in [3.8, 4) is 0 Å². The first-order valence-electron chi connectivity index (χ1n) is 6.06. The predicted octanol–water partition coefficient (Wildman–Crippen LogP) is 1.62. The lowest BCUT2D eigenvalue weighted by atomic mass is 9.88. The van der Waals surface area contributed by atoms with E-state index in [-0.39, 0.29) is 19.1 Å². The van der Waals surface area contributed by atoms with Crippen molar-refractivity contribution in [2.24, 2.45) is 5.41 Å². The number of ether oxygens (including phenoxy) is 1. The van der Waals surface area contributed by atoms with Crippen LogP contribution in [0.2, 0.25) is 0 Å². The average Bonchev–Trinajstić information content (AvgIpc) is 2.96. The van der Waals surface area contributed by atoms with Gasteiger partial charge in [0.1, 0.15) is 5.41 Å². The van der Waals surface area contributed by atoms with Gasteiger partial charge in [-0.1, -0.05) is 0 Å². The number of thiophene rings is 1. The fourth-order valence-corrected chi connectivity index (χ4v) is 3.22. The molecule has 5 nitrogen and oxygen atoms in total. The molecule has 19 heavy (non-hydrogen) atoms. The highest BCUT2D eigenvalue weighted by Gasteiger charge is 2.46. The number of amides is 1. The van der Waals surface area contributed by atoms with Gasteiger partial charge in [-0.2, -0.15) is 0 Å². The smallest absolute Gasteiger partial charge is 0.313 e. The Hall–Kier alpha value is -1.40. The highest BCUT2D eigenvalue weighted by molar-refractivity contribution is 7.13. The number of nitrogens with zero attached hydrogens (tertiary/aromatic N) is 1. The van der Waals surface area contributed by atoms with E-state index in [0.717, 1.165) is 4.88 Å². The largest absolute Gasteiger partial charge is 0.481 e. The average molecular weight is 283 g/mol. The lowest BCUT2D eigenvalue weighted by Gasteiger charge is -2.23. The Morgan fingerprint density at radius 2 is 2.26 bits per heavy atom. The van der Waals surface area contributed by atoms with Crippen molar-refractivity contribution in [3.05, 3.63) is 21.9 Å². The Bertz CT molecular complexity index is 499. The number of rotatable bonds is 4. The Labute approximate surface area is 115 Å². The first-order valence-corrected chi connectivity index (χ1v) is 6.88. The molecule has 2 rings (SSSR count). The molecule has 1 atom stereocenters. The number of aliphatic carboxylic acids is 1.